The summed E-state index contributed by atoms with van der Waals surface area (Å²) in [5, 5.41) is 1.79. The maximum atomic E-state index is 6.32. The maximum absolute atomic E-state index is 6.32. The van der Waals surface area contributed by atoms with E-state index in [1.807, 2.05) is 19.1 Å². The topological polar surface area (TPSA) is 25.4 Å². The van der Waals surface area contributed by atoms with E-state index in [0.29, 0.717) is 0 Å². The first-order valence-corrected chi connectivity index (χ1v) is 6.95. The molecular weight excluding hydrogens is 260 g/mol. The number of ether oxygens (including phenoxy) is 1. The summed E-state index contributed by atoms with van der Waals surface area (Å²) in [6.45, 7) is 6.68. The standard InChI is InChI=1S/C15H17ClN2O/c1-10-7-14(16)13-8-12(3-4-15(13)17-10)18-5-6-19-11(2)9-18/h3-4,7-8,11H,5-6,9H2,1-2H3/t11-/m1/s1. The van der Waals surface area contributed by atoms with Crippen molar-refractivity contribution >= 4 is 28.2 Å². The summed E-state index contributed by atoms with van der Waals surface area (Å²) >= 11 is 6.32. The van der Waals surface area contributed by atoms with E-state index in [2.05, 4.69) is 28.9 Å². The Kier molecular flexibility index (Phi) is 3.33. The third-order valence-electron chi connectivity index (χ3n) is 3.48. The molecule has 1 aromatic carbocycles. The molecule has 4 heteroatoms. The first-order valence-electron chi connectivity index (χ1n) is 6.57. The second-order valence-corrected chi connectivity index (χ2v) is 5.48. The summed E-state index contributed by atoms with van der Waals surface area (Å²) < 4.78 is 5.58. The van der Waals surface area contributed by atoms with Crippen LogP contribution in [0.5, 0.6) is 0 Å². The van der Waals surface area contributed by atoms with E-state index < -0.39 is 0 Å². The van der Waals surface area contributed by atoms with Crippen molar-refractivity contribution in [3.8, 4) is 0 Å². The van der Waals surface area contributed by atoms with Crippen LogP contribution in [-0.2, 0) is 4.74 Å². The first kappa shape index (κ1) is 12.7. The third-order valence-corrected chi connectivity index (χ3v) is 3.79. The van der Waals surface area contributed by atoms with Crippen LogP contribution in [-0.4, -0.2) is 30.8 Å². The number of benzene rings is 1. The highest BCUT2D eigenvalue weighted by atomic mass is 35.5. The van der Waals surface area contributed by atoms with Crippen LogP contribution in [0.2, 0.25) is 5.02 Å². The van der Waals surface area contributed by atoms with Gasteiger partial charge in [-0.3, -0.25) is 4.98 Å². The average molecular weight is 277 g/mol. The highest BCUT2D eigenvalue weighted by molar-refractivity contribution is 6.35. The fraction of sp³-hybridized carbons (Fsp3) is 0.400. The number of rotatable bonds is 1. The van der Waals surface area contributed by atoms with E-state index in [1.165, 1.54) is 5.69 Å². The number of hydrogen-bond acceptors (Lipinski definition) is 3. The summed E-state index contributed by atoms with van der Waals surface area (Å²) in [6.07, 6.45) is 0.274. The molecule has 2 heterocycles. The highest BCUT2D eigenvalue weighted by Gasteiger charge is 2.17. The van der Waals surface area contributed by atoms with Crippen molar-refractivity contribution in [1.29, 1.82) is 0 Å². The summed E-state index contributed by atoms with van der Waals surface area (Å²) in [7, 11) is 0. The molecule has 0 saturated carbocycles. The molecule has 0 spiro atoms. The van der Waals surface area contributed by atoms with Crippen molar-refractivity contribution in [2.45, 2.75) is 20.0 Å². The van der Waals surface area contributed by atoms with Gasteiger partial charge in [0.2, 0.25) is 0 Å². The monoisotopic (exact) mass is 276 g/mol. The molecule has 0 radical (unpaired) electrons. The highest BCUT2D eigenvalue weighted by Crippen LogP contribution is 2.28. The quantitative estimate of drug-likeness (QED) is 0.798. The number of aryl methyl sites for hydroxylation is 1. The third kappa shape index (κ3) is 2.53. The minimum atomic E-state index is 0.274. The van der Waals surface area contributed by atoms with E-state index in [1.54, 1.807) is 0 Å². The first-order chi connectivity index (χ1) is 9.13. The zero-order chi connectivity index (χ0) is 13.4. The maximum Gasteiger partial charge on any atom is 0.0722 e. The van der Waals surface area contributed by atoms with Crippen LogP contribution >= 0.6 is 11.6 Å². The molecule has 1 aromatic heterocycles. The van der Waals surface area contributed by atoms with Crippen molar-refractivity contribution < 1.29 is 4.74 Å². The fourth-order valence-electron chi connectivity index (χ4n) is 2.55. The van der Waals surface area contributed by atoms with Crippen LogP contribution < -0.4 is 4.90 Å². The molecular formula is C15H17ClN2O. The molecule has 0 unspecified atom stereocenters. The zero-order valence-corrected chi connectivity index (χ0v) is 11.9. The molecule has 100 valence electrons. The van der Waals surface area contributed by atoms with Gasteiger partial charge in [0.1, 0.15) is 0 Å². The van der Waals surface area contributed by atoms with Crippen LogP contribution in [0.1, 0.15) is 12.6 Å². The Morgan fingerprint density at radius 2 is 2.21 bits per heavy atom. The number of morpholine rings is 1. The molecule has 1 atom stereocenters. The van der Waals surface area contributed by atoms with Crippen molar-refractivity contribution in [3.05, 3.63) is 35.0 Å². The molecule has 19 heavy (non-hydrogen) atoms. The normalized spacial score (nSPS) is 19.9. The Labute approximate surface area is 118 Å². The Bertz CT molecular complexity index is 614. The SMILES string of the molecule is Cc1cc(Cl)c2cc(N3CCO[C@H](C)C3)ccc2n1. The lowest BCUT2D eigenvalue weighted by Crippen LogP contribution is -2.41. The summed E-state index contributed by atoms with van der Waals surface area (Å²) in [6, 6.07) is 8.20. The minimum absolute atomic E-state index is 0.274. The van der Waals surface area contributed by atoms with Gasteiger partial charge >= 0.3 is 0 Å². The fourth-order valence-corrected chi connectivity index (χ4v) is 2.86. The predicted molar refractivity (Wildman–Crippen MR) is 79.1 cm³/mol. The molecule has 0 N–H and O–H groups in total. The van der Waals surface area contributed by atoms with E-state index in [-0.39, 0.29) is 6.10 Å². The Morgan fingerprint density at radius 1 is 1.37 bits per heavy atom. The smallest absolute Gasteiger partial charge is 0.0722 e. The number of pyridine rings is 1. The van der Waals surface area contributed by atoms with Crippen LogP contribution in [0.25, 0.3) is 10.9 Å². The molecule has 1 fully saturated rings. The molecule has 1 aliphatic rings. The van der Waals surface area contributed by atoms with Crippen LogP contribution in [0, 0.1) is 6.92 Å². The van der Waals surface area contributed by atoms with Gasteiger partial charge in [-0.05, 0) is 38.1 Å². The second-order valence-electron chi connectivity index (χ2n) is 5.07. The van der Waals surface area contributed by atoms with E-state index >= 15 is 0 Å². The summed E-state index contributed by atoms with van der Waals surface area (Å²) in [4.78, 5) is 6.85. The number of aromatic nitrogens is 1. The van der Waals surface area contributed by atoms with Gasteiger partial charge in [-0.25, -0.2) is 0 Å². The zero-order valence-electron chi connectivity index (χ0n) is 11.2. The molecule has 2 aromatic rings. The van der Waals surface area contributed by atoms with Crippen LogP contribution in [0.4, 0.5) is 5.69 Å². The van der Waals surface area contributed by atoms with Gasteiger partial charge in [-0.1, -0.05) is 11.6 Å². The van der Waals surface area contributed by atoms with Crippen molar-refractivity contribution in [2.24, 2.45) is 0 Å². The largest absolute Gasteiger partial charge is 0.375 e. The Hall–Kier alpha value is -1.32. The molecule has 1 aliphatic heterocycles. The number of hydrogen-bond donors (Lipinski definition) is 0. The average Bonchev–Trinajstić information content (AvgIpc) is 2.38. The second kappa shape index (κ2) is 4.99. The predicted octanol–water partition coefficient (Wildman–Crippen LogP) is 3.42. The molecule has 1 saturated heterocycles. The lowest BCUT2D eigenvalue weighted by Gasteiger charge is -2.33. The molecule has 3 nitrogen and oxygen atoms in total. The lowest BCUT2D eigenvalue weighted by atomic mass is 10.1. The number of fused-ring (bicyclic) bond motifs is 1. The van der Waals surface area contributed by atoms with Crippen LogP contribution in [0.15, 0.2) is 24.3 Å². The Morgan fingerprint density at radius 3 is 3.00 bits per heavy atom. The van der Waals surface area contributed by atoms with Crippen LogP contribution in [0.3, 0.4) is 0 Å². The van der Waals surface area contributed by atoms with Gasteiger partial charge < -0.3 is 9.64 Å². The van der Waals surface area contributed by atoms with E-state index in [4.69, 9.17) is 16.3 Å². The summed E-state index contributed by atoms with van der Waals surface area (Å²) in [5.74, 6) is 0. The number of anilines is 1. The lowest BCUT2D eigenvalue weighted by molar-refractivity contribution is 0.0532. The van der Waals surface area contributed by atoms with Crippen molar-refractivity contribution in [1.82, 2.24) is 4.98 Å². The number of nitrogens with zero attached hydrogens (tertiary/aromatic N) is 2. The van der Waals surface area contributed by atoms with Gasteiger partial charge in [0, 0.05) is 29.9 Å². The van der Waals surface area contributed by atoms with Crippen molar-refractivity contribution in [2.75, 3.05) is 24.6 Å². The van der Waals surface area contributed by atoms with E-state index in [9.17, 15) is 0 Å². The molecule has 0 bridgehead atoms. The van der Waals surface area contributed by atoms with E-state index in [0.717, 1.165) is 41.3 Å². The molecule has 0 aliphatic carbocycles. The number of halogens is 1. The Balaban J connectivity index is 2.01. The van der Waals surface area contributed by atoms with Gasteiger partial charge in [0.25, 0.3) is 0 Å². The van der Waals surface area contributed by atoms with Crippen molar-refractivity contribution in [3.63, 3.8) is 0 Å². The summed E-state index contributed by atoms with van der Waals surface area (Å²) in [5.41, 5.74) is 3.09. The minimum Gasteiger partial charge on any atom is -0.375 e. The van der Waals surface area contributed by atoms with Gasteiger partial charge in [0.15, 0.2) is 0 Å². The van der Waals surface area contributed by atoms with Gasteiger partial charge in [0.05, 0.1) is 23.3 Å². The van der Waals surface area contributed by atoms with Gasteiger partial charge in [-0.2, -0.15) is 0 Å². The molecule has 0 amide bonds. The van der Waals surface area contributed by atoms with Gasteiger partial charge in [-0.15, -0.1) is 0 Å². The molecule has 3 rings (SSSR count).